The Labute approximate surface area is 106 Å². The van der Waals surface area contributed by atoms with Gasteiger partial charge < -0.3 is 9.84 Å². The molecule has 4 heteroatoms. The van der Waals surface area contributed by atoms with Crippen LogP contribution in [0.25, 0.3) is 5.76 Å². The first-order valence-corrected chi connectivity index (χ1v) is 5.65. The van der Waals surface area contributed by atoms with Crippen LogP contribution in [0.15, 0.2) is 24.3 Å². The number of ketones is 1. The number of ether oxygens (including phenoxy) is 1. The van der Waals surface area contributed by atoms with Crippen molar-refractivity contribution in [3.63, 3.8) is 0 Å². The number of rotatable bonds is 4. The van der Waals surface area contributed by atoms with Gasteiger partial charge in [0.15, 0.2) is 0 Å². The van der Waals surface area contributed by atoms with Gasteiger partial charge in [0.2, 0.25) is 0 Å². The molecule has 0 atom stereocenters. The summed E-state index contributed by atoms with van der Waals surface area (Å²) in [5.74, 6) is -2.07. The molecule has 18 heavy (non-hydrogen) atoms. The number of aliphatic hydroxyl groups is 1. The number of aliphatic hydroxyl groups excluding tert-OH is 1. The van der Waals surface area contributed by atoms with E-state index in [1.165, 1.54) is 0 Å². The summed E-state index contributed by atoms with van der Waals surface area (Å²) in [5.41, 5.74) is 2.58. The fraction of sp³-hybridized carbons (Fsp3) is 0.286. The van der Waals surface area contributed by atoms with Gasteiger partial charge in [-0.25, -0.2) is 4.79 Å². The summed E-state index contributed by atoms with van der Waals surface area (Å²) < 4.78 is 4.54. The lowest BCUT2D eigenvalue weighted by atomic mass is 10.0. The fourth-order valence-corrected chi connectivity index (χ4v) is 1.37. The molecule has 96 valence electrons. The standard InChI is InChI=1S/C14H16O4/c1-4-18-14(17)13(16)8-12(15)11-6-5-9(2)10(3)7-11/h5-8,15H,4H2,1-3H3. The first-order chi connectivity index (χ1) is 8.45. The molecule has 0 unspecified atom stereocenters. The number of carbonyl (C=O) groups excluding carboxylic acids is 2. The quantitative estimate of drug-likeness (QED) is 0.384. The minimum absolute atomic E-state index is 0.128. The van der Waals surface area contributed by atoms with E-state index < -0.39 is 11.8 Å². The highest BCUT2D eigenvalue weighted by Gasteiger charge is 2.13. The van der Waals surface area contributed by atoms with E-state index in [0.29, 0.717) is 5.56 Å². The second-order valence-electron chi connectivity index (χ2n) is 3.91. The molecule has 4 nitrogen and oxygen atoms in total. The van der Waals surface area contributed by atoms with Crippen LogP contribution in [0.5, 0.6) is 0 Å². The minimum atomic E-state index is -0.965. The van der Waals surface area contributed by atoms with Crippen LogP contribution in [-0.4, -0.2) is 23.5 Å². The molecule has 0 aliphatic rings. The first kappa shape index (κ1) is 14.0. The van der Waals surface area contributed by atoms with Gasteiger partial charge in [0.1, 0.15) is 5.76 Å². The van der Waals surface area contributed by atoms with Crippen molar-refractivity contribution in [3.8, 4) is 0 Å². The smallest absolute Gasteiger partial charge is 0.379 e. The second kappa shape index (κ2) is 6.00. The van der Waals surface area contributed by atoms with E-state index in [-0.39, 0.29) is 12.4 Å². The Morgan fingerprint density at radius 3 is 2.50 bits per heavy atom. The predicted octanol–water partition coefficient (Wildman–Crippen LogP) is 2.33. The van der Waals surface area contributed by atoms with Crippen LogP contribution in [0.1, 0.15) is 23.6 Å². The van der Waals surface area contributed by atoms with E-state index in [9.17, 15) is 14.7 Å². The summed E-state index contributed by atoms with van der Waals surface area (Å²) >= 11 is 0. The van der Waals surface area contributed by atoms with Gasteiger partial charge in [-0.3, -0.25) is 4.79 Å². The zero-order valence-corrected chi connectivity index (χ0v) is 10.7. The van der Waals surface area contributed by atoms with Crippen LogP contribution < -0.4 is 0 Å². The zero-order chi connectivity index (χ0) is 13.7. The molecule has 0 radical (unpaired) electrons. The van der Waals surface area contributed by atoms with Crippen LogP contribution in [0, 0.1) is 13.8 Å². The Morgan fingerprint density at radius 2 is 1.94 bits per heavy atom. The van der Waals surface area contributed by atoms with Gasteiger partial charge in [0.05, 0.1) is 6.61 Å². The number of benzene rings is 1. The fourth-order valence-electron chi connectivity index (χ4n) is 1.37. The van der Waals surface area contributed by atoms with Crippen LogP contribution in [0.2, 0.25) is 0 Å². The average Bonchev–Trinajstić information content (AvgIpc) is 2.32. The molecule has 0 saturated heterocycles. The van der Waals surface area contributed by atoms with Gasteiger partial charge in [-0.15, -0.1) is 0 Å². The van der Waals surface area contributed by atoms with Crippen LogP contribution in [0.3, 0.4) is 0 Å². The molecule has 0 fully saturated rings. The molecule has 0 amide bonds. The molecular formula is C14H16O4. The SMILES string of the molecule is CCOC(=O)C(=O)C=C(O)c1ccc(C)c(C)c1. The predicted molar refractivity (Wildman–Crippen MR) is 68.2 cm³/mol. The number of hydrogen-bond acceptors (Lipinski definition) is 4. The van der Waals surface area contributed by atoms with Gasteiger partial charge >= 0.3 is 5.97 Å². The van der Waals surface area contributed by atoms with Crippen molar-refractivity contribution in [3.05, 3.63) is 41.0 Å². The lowest BCUT2D eigenvalue weighted by Crippen LogP contribution is -2.15. The van der Waals surface area contributed by atoms with Crippen LogP contribution in [0.4, 0.5) is 0 Å². The molecule has 0 spiro atoms. The largest absolute Gasteiger partial charge is 0.507 e. The highest BCUT2D eigenvalue weighted by molar-refractivity contribution is 6.39. The number of aryl methyl sites for hydroxylation is 2. The molecule has 0 aromatic heterocycles. The van der Waals surface area contributed by atoms with Gasteiger partial charge in [0.25, 0.3) is 5.78 Å². The lowest BCUT2D eigenvalue weighted by Gasteiger charge is -2.04. The Balaban J connectivity index is 2.92. The summed E-state index contributed by atoms with van der Waals surface area (Å²) in [5, 5.41) is 9.76. The molecule has 0 aliphatic heterocycles. The number of carbonyl (C=O) groups is 2. The summed E-state index contributed by atoms with van der Waals surface area (Å²) in [6, 6.07) is 5.27. The van der Waals surface area contributed by atoms with Gasteiger partial charge in [-0.05, 0) is 38.0 Å². The maximum Gasteiger partial charge on any atom is 0.379 e. The van der Waals surface area contributed by atoms with Crippen molar-refractivity contribution in [2.24, 2.45) is 0 Å². The van der Waals surface area contributed by atoms with Gasteiger partial charge in [0, 0.05) is 11.6 Å². The zero-order valence-electron chi connectivity index (χ0n) is 10.7. The molecular weight excluding hydrogens is 232 g/mol. The Morgan fingerprint density at radius 1 is 1.28 bits per heavy atom. The van der Waals surface area contributed by atoms with Crippen molar-refractivity contribution in [2.75, 3.05) is 6.61 Å². The van der Waals surface area contributed by atoms with Gasteiger partial charge in [-0.1, -0.05) is 12.1 Å². The van der Waals surface area contributed by atoms with Gasteiger partial charge in [-0.2, -0.15) is 0 Å². The maximum absolute atomic E-state index is 11.4. The highest BCUT2D eigenvalue weighted by Crippen LogP contribution is 2.16. The second-order valence-corrected chi connectivity index (χ2v) is 3.91. The van der Waals surface area contributed by atoms with E-state index >= 15 is 0 Å². The third kappa shape index (κ3) is 3.45. The van der Waals surface area contributed by atoms with Crippen molar-refractivity contribution in [1.29, 1.82) is 0 Å². The molecule has 1 N–H and O–H groups in total. The lowest BCUT2D eigenvalue weighted by molar-refractivity contribution is -0.151. The third-order valence-corrected chi connectivity index (χ3v) is 2.55. The summed E-state index contributed by atoms with van der Waals surface area (Å²) in [6.07, 6.45) is 0.877. The molecule has 0 saturated carbocycles. The Hall–Kier alpha value is -2.10. The monoisotopic (exact) mass is 248 g/mol. The van der Waals surface area contributed by atoms with E-state index in [4.69, 9.17) is 0 Å². The topological polar surface area (TPSA) is 63.6 Å². The van der Waals surface area contributed by atoms with Crippen molar-refractivity contribution < 1.29 is 19.4 Å². The Bertz CT molecular complexity index is 501. The van der Waals surface area contributed by atoms with Crippen LogP contribution in [-0.2, 0) is 14.3 Å². The molecule has 1 aromatic carbocycles. The first-order valence-electron chi connectivity index (χ1n) is 5.65. The van der Waals surface area contributed by atoms with E-state index in [2.05, 4.69) is 4.74 Å². The maximum atomic E-state index is 11.4. The highest BCUT2D eigenvalue weighted by atomic mass is 16.5. The van der Waals surface area contributed by atoms with E-state index in [0.717, 1.165) is 17.2 Å². The summed E-state index contributed by atoms with van der Waals surface area (Å²) in [4.78, 5) is 22.5. The van der Waals surface area contributed by atoms with E-state index in [1.807, 2.05) is 19.9 Å². The van der Waals surface area contributed by atoms with Crippen LogP contribution >= 0.6 is 0 Å². The van der Waals surface area contributed by atoms with Crippen molar-refractivity contribution >= 4 is 17.5 Å². The van der Waals surface area contributed by atoms with Crippen molar-refractivity contribution in [1.82, 2.24) is 0 Å². The number of hydrogen-bond donors (Lipinski definition) is 1. The molecule has 0 heterocycles. The molecule has 1 rings (SSSR count). The van der Waals surface area contributed by atoms with Crippen molar-refractivity contribution in [2.45, 2.75) is 20.8 Å². The van der Waals surface area contributed by atoms with E-state index in [1.54, 1.807) is 19.1 Å². The average molecular weight is 248 g/mol. The summed E-state index contributed by atoms with van der Waals surface area (Å²) in [6.45, 7) is 5.59. The molecule has 0 bridgehead atoms. The summed E-state index contributed by atoms with van der Waals surface area (Å²) in [7, 11) is 0. The minimum Gasteiger partial charge on any atom is -0.507 e. The Kier molecular flexibility index (Phi) is 4.66. The normalized spacial score (nSPS) is 11.2. The molecule has 1 aromatic rings. The number of esters is 1. The molecule has 0 aliphatic carbocycles. The third-order valence-electron chi connectivity index (χ3n) is 2.55.